The summed E-state index contributed by atoms with van der Waals surface area (Å²) in [7, 11) is 0. The van der Waals surface area contributed by atoms with Crippen LogP contribution >= 0.6 is 22.6 Å². The molecule has 1 heteroatoms. The Morgan fingerprint density at radius 3 is 2.58 bits per heavy atom. The number of hydrogen-bond acceptors (Lipinski definition) is 0. The molecule has 0 radical (unpaired) electrons. The molecular formula is C11H13I. The smallest absolute Gasteiger partial charge is 0.0241 e. The summed E-state index contributed by atoms with van der Waals surface area (Å²) in [6.45, 7) is 2.18. The fourth-order valence-electron chi connectivity index (χ4n) is 1.04. The maximum Gasteiger partial charge on any atom is -0.0241 e. The van der Waals surface area contributed by atoms with Crippen LogP contribution in [-0.2, 0) is 6.42 Å². The van der Waals surface area contributed by atoms with Gasteiger partial charge in [0.1, 0.15) is 0 Å². The molecule has 0 heterocycles. The topological polar surface area (TPSA) is 0 Å². The molecule has 0 N–H and O–H groups in total. The zero-order valence-corrected chi connectivity index (χ0v) is 9.41. The summed E-state index contributed by atoms with van der Waals surface area (Å²) in [5, 5.41) is 0. The lowest BCUT2D eigenvalue weighted by Gasteiger charge is -1.99. The van der Waals surface area contributed by atoms with Crippen molar-refractivity contribution < 1.29 is 0 Å². The highest BCUT2D eigenvalue weighted by Crippen LogP contribution is 2.09. The van der Waals surface area contributed by atoms with Gasteiger partial charge in [-0.2, -0.15) is 0 Å². The van der Waals surface area contributed by atoms with Crippen LogP contribution in [-0.4, -0.2) is 0 Å². The second-order valence-electron chi connectivity index (χ2n) is 2.94. The van der Waals surface area contributed by atoms with E-state index in [0.717, 1.165) is 6.42 Å². The Morgan fingerprint density at radius 2 is 2.00 bits per heavy atom. The molecule has 0 aliphatic heterocycles. The second kappa shape index (κ2) is 5.36. The molecule has 1 aromatic rings. The van der Waals surface area contributed by atoms with Crippen LogP contribution in [0.1, 0.15) is 18.9 Å². The van der Waals surface area contributed by atoms with E-state index in [0.29, 0.717) is 0 Å². The number of hydrogen-bond donors (Lipinski definition) is 0. The van der Waals surface area contributed by atoms with E-state index in [2.05, 4.69) is 63.9 Å². The van der Waals surface area contributed by atoms with Gasteiger partial charge in [-0.3, -0.25) is 0 Å². The van der Waals surface area contributed by atoms with Crippen molar-refractivity contribution in [1.29, 1.82) is 0 Å². The number of benzene rings is 1. The highest BCUT2D eigenvalue weighted by Gasteiger charge is 1.91. The molecule has 1 rings (SSSR count). The normalized spacial score (nSPS) is 11.7. The fourth-order valence-corrected chi connectivity index (χ4v) is 1.35. The van der Waals surface area contributed by atoms with Gasteiger partial charge >= 0.3 is 0 Å². The van der Waals surface area contributed by atoms with Crippen LogP contribution in [0, 0.1) is 0 Å². The maximum atomic E-state index is 2.29. The van der Waals surface area contributed by atoms with Gasteiger partial charge in [0.05, 0.1) is 0 Å². The third-order valence-electron chi connectivity index (χ3n) is 1.84. The molecule has 0 saturated heterocycles. The monoisotopic (exact) mass is 272 g/mol. The van der Waals surface area contributed by atoms with Crippen molar-refractivity contribution in [2.45, 2.75) is 19.8 Å². The molecule has 0 aliphatic carbocycles. The van der Waals surface area contributed by atoms with Gasteiger partial charge in [-0.05, 0) is 29.4 Å². The molecule has 0 amide bonds. The van der Waals surface area contributed by atoms with Crippen LogP contribution in [0.2, 0.25) is 0 Å². The summed E-state index contributed by atoms with van der Waals surface area (Å²) < 4.78 is 2.15. The Hall–Kier alpha value is -0.310. The van der Waals surface area contributed by atoms with Crippen LogP contribution in [0.5, 0.6) is 0 Å². The van der Waals surface area contributed by atoms with Crippen molar-refractivity contribution in [1.82, 2.24) is 0 Å². The quantitative estimate of drug-likeness (QED) is 0.731. The minimum atomic E-state index is 1.16. The molecule has 0 spiro atoms. The lowest BCUT2D eigenvalue weighted by Crippen LogP contribution is -1.84. The van der Waals surface area contributed by atoms with Crippen molar-refractivity contribution in [3.05, 3.63) is 45.6 Å². The predicted octanol–water partition coefficient (Wildman–Crippen LogP) is 3.96. The first-order valence-corrected chi connectivity index (χ1v) is 5.37. The molecule has 64 valence electrons. The van der Waals surface area contributed by atoms with E-state index >= 15 is 0 Å². The average Bonchev–Trinajstić information content (AvgIpc) is 2.16. The van der Waals surface area contributed by atoms with Crippen LogP contribution in [0.4, 0.5) is 0 Å². The van der Waals surface area contributed by atoms with Crippen molar-refractivity contribution in [3.63, 3.8) is 0 Å². The van der Waals surface area contributed by atoms with Gasteiger partial charge in [0.25, 0.3) is 0 Å². The molecule has 12 heavy (non-hydrogen) atoms. The van der Waals surface area contributed by atoms with Gasteiger partial charge in [0.15, 0.2) is 0 Å². The summed E-state index contributed by atoms with van der Waals surface area (Å²) in [5.74, 6) is 0. The zero-order valence-electron chi connectivity index (χ0n) is 7.26. The lowest BCUT2D eigenvalue weighted by molar-refractivity contribution is 0.945. The molecular weight excluding hydrogens is 259 g/mol. The van der Waals surface area contributed by atoms with Gasteiger partial charge in [-0.1, -0.05) is 58.5 Å². The molecule has 0 atom stereocenters. The number of rotatable bonds is 3. The van der Waals surface area contributed by atoms with Crippen molar-refractivity contribution in [2.24, 2.45) is 0 Å². The van der Waals surface area contributed by atoms with Crippen LogP contribution in [0.3, 0.4) is 0 Å². The SMILES string of the molecule is C/C(=C\I)CCc1ccccc1. The molecule has 0 bridgehead atoms. The first kappa shape index (κ1) is 9.78. The van der Waals surface area contributed by atoms with Crippen LogP contribution in [0.25, 0.3) is 0 Å². The summed E-state index contributed by atoms with van der Waals surface area (Å²) in [6, 6.07) is 10.6. The third-order valence-corrected chi connectivity index (χ3v) is 2.90. The fraction of sp³-hybridized carbons (Fsp3) is 0.273. The number of halogens is 1. The highest BCUT2D eigenvalue weighted by atomic mass is 127. The summed E-state index contributed by atoms with van der Waals surface area (Å²) in [4.78, 5) is 0. The molecule has 0 aliphatic rings. The maximum absolute atomic E-state index is 2.29. The minimum absolute atomic E-state index is 1.16. The second-order valence-corrected chi connectivity index (χ2v) is 3.56. The first-order chi connectivity index (χ1) is 5.83. The number of allylic oxidation sites excluding steroid dienone is 1. The van der Waals surface area contributed by atoms with E-state index in [4.69, 9.17) is 0 Å². The minimum Gasteiger partial charge on any atom is -0.0669 e. The van der Waals surface area contributed by atoms with Gasteiger partial charge in [0.2, 0.25) is 0 Å². The van der Waals surface area contributed by atoms with Gasteiger partial charge in [0, 0.05) is 0 Å². The molecule has 0 unspecified atom stereocenters. The Labute approximate surface area is 87.8 Å². The Balaban J connectivity index is 2.44. The Bertz CT molecular complexity index is 249. The summed E-state index contributed by atoms with van der Waals surface area (Å²) in [5.41, 5.74) is 2.88. The largest absolute Gasteiger partial charge is 0.0669 e. The molecule has 0 nitrogen and oxygen atoms in total. The third kappa shape index (κ3) is 3.39. The molecule has 1 aromatic carbocycles. The van der Waals surface area contributed by atoms with Gasteiger partial charge in [-0.25, -0.2) is 0 Å². The summed E-state index contributed by atoms with van der Waals surface area (Å²) >= 11 is 2.29. The number of aryl methyl sites for hydroxylation is 1. The molecule has 0 saturated carbocycles. The van der Waals surface area contributed by atoms with Crippen LogP contribution in [0.15, 0.2) is 40.0 Å². The van der Waals surface area contributed by atoms with Gasteiger partial charge in [-0.15, -0.1) is 0 Å². The lowest BCUT2D eigenvalue weighted by atomic mass is 10.1. The molecule has 0 fully saturated rings. The zero-order chi connectivity index (χ0) is 8.81. The van der Waals surface area contributed by atoms with Crippen molar-refractivity contribution in [2.75, 3.05) is 0 Å². The van der Waals surface area contributed by atoms with Gasteiger partial charge < -0.3 is 0 Å². The highest BCUT2D eigenvalue weighted by molar-refractivity contribution is 14.1. The van der Waals surface area contributed by atoms with E-state index in [1.165, 1.54) is 17.6 Å². The van der Waals surface area contributed by atoms with E-state index in [9.17, 15) is 0 Å². The molecule has 0 aromatic heterocycles. The van der Waals surface area contributed by atoms with E-state index in [-0.39, 0.29) is 0 Å². The van der Waals surface area contributed by atoms with Crippen molar-refractivity contribution in [3.8, 4) is 0 Å². The summed E-state index contributed by atoms with van der Waals surface area (Å²) in [6.07, 6.45) is 2.33. The first-order valence-electron chi connectivity index (χ1n) is 4.12. The standard InChI is InChI=1S/C11H13I/c1-10(9-12)7-8-11-5-3-2-4-6-11/h2-6,9H,7-8H2,1H3/b10-9+. The van der Waals surface area contributed by atoms with E-state index in [1.807, 2.05) is 0 Å². The average molecular weight is 272 g/mol. The Morgan fingerprint density at radius 1 is 1.33 bits per heavy atom. The van der Waals surface area contributed by atoms with E-state index < -0.39 is 0 Å². The van der Waals surface area contributed by atoms with E-state index in [1.54, 1.807) is 0 Å². The van der Waals surface area contributed by atoms with Crippen molar-refractivity contribution >= 4 is 22.6 Å². The Kier molecular flexibility index (Phi) is 4.36. The predicted molar refractivity (Wildman–Crippen MR) is 62.5 cm³/mol. The van der Waals surface area contributed by atoms with Crippen LogP contribution < -0.4 is 0 Å².